The summed E-state index contributed by atoms with van der Waals surface area (Å²) in [6, 6.07) is 0. The molecule has 0 saturated heterocycles. The van der Waals surface area contributed by atoms with Gasteiger partial charge in [0.25, 0.3) is 0 Å². The van der Waals surface area contributed by atoms with E-state index in [9.17, 15) is 0 Å². The largest absolute Gasteiger partial charge is 0.693 e. The summed E-state index contributed by atoms with van der Waals surface area (Å²) in [7, 11) is 0. The molecule has 4 N–H and O–H groups in total. The Morgan fingerprint density at radius 2 is 0.500 bits per heavy atom. The molecule has 0 unspecified atom stereocenters. The van der Waals surface area contributed by atoms with Crippen molar-refractivity contribution in [1.29, 1.82) is 0 Å². The van der Waals surface area contributed by atoms with Gasteiger partial charge in [-0.05, 0) is 0 Å². The Kier molecular flexibility index (Phi) is 3370. The van der Waals surface area contributed by atoms with Gasteiger partial charge in [0.1, 0.15) is 0 Å². The minimum atomic E-state index is 0. The van der Waals surface area contributed by atoms with Crippen molar-refractivity contribution in [1.82, 2.24) is 0 Å². The first-order valence-electron chi connectivity index (χ1n) is 0. The average Bonchev–Trinajstić information content (AvgIpc) is 0. The zero-order valence-electron chi connectivity index (χ0n) is 3.91. The number of rotatable bonds is 0. The van der Waals surface area contributed by atoms with Crippen LogP contribution in [0.2, 0.25) is 0 Å². The van der Waals surface area contributed by atoms with Gasteiger partial charge in [0.2, 0.25) is 0 Å². The molecule has 0 aliphatic heterocycles. The maximum atomic E-state index is 0. The summed E-state index contributed by atoms with van der Waals surface area (Å²) in [5, 5.41) is 0. The number of hydrogen-bond donors (Lipinski definition) is 0. The molecule has 0 aromatic rings. The molecule has 0 rings (SSSR count). The van der Waals surface area contributed by atoms with Crippen LogP contribution in [0, 0.1) is 14.9 Å². The maximum Gasteiger partial charge on any atom is 0 e. The van der Waals surface area contributed by atoms with Gasteiger partial charge in [-0.15, -0.1) is 0 Å². The van der Waals surface area contributed by atoms with Crippen LogP contribution in [0.5, 0.6) is 0 Å². The number of hydrogen-bond acceptors (Lipinski definition) is 0. The molecule has 0 aromatic heterocycles. The molecule has 0 atom stereocenters. The first-order chi connectivity index (χ1) is 0. The fourth-order valence-corrected chi connectivity index (χ4v) is 0. The minimum Gasteiger partial charge on any atom is -0.693 e. The normalized spacial score (nSPS) is 0. The van der Waals surface area contributed by atoms with Gasteiger partial charge in [-0.1, -0.05) is 0 Å². The summed E-state index contributed by atoms with van der Waals surface area (Å²) in [6.07, 6.45) is 0. The molecule has 0 saturated carbocycles. The van der Waals surface area contributed by atoms with Crippen molar-refractivity contribution in [3.8, 4) is 0 Å². The maximum absolute atomic E-state index is 0. The average molecular weight is 435 g/mol. The molecule has 0 aromatic carbocycles. The smallest absolute Gasteiger partial charge is 0 e. The molecule has 2 radical (unpaired) electrons. The summed E-state index contributed by atoms with van der Waals surface area (Å²) in [4.78, 5) is 0. The molecule has 0 spiro atoms. The van der Waals surface area contributed by atoms with Gasteiger partial charge in [0.15, 0.2) is 0 Å². The molecular weight excluding hydrogens is 424 g/mol. The standard InChI is InChI=1S/2CH3.2H2N.2Re/h2*1H3;2*1H2;;/q4*-1;;. The van der Waals surface area contributed by atoms with Gasteiger partial charge >= 0.3 is 0 Å². The second-order valence-electron chi connectivity index (χ2n) is 0. The Labute approximate surface area is 67.9 Å². The van der Waals surface area contributed by atoms with Crippen LogP contribution in [0.3, 0.4) is 0 Å². The molecule has 0 aliphatic carbocycles. The first kappa shape index (κ1) is 182. The molecule has 0 fully saturated rings. The molecule has 0 bridgehead atoms. The van der Waals surface area contributed by atoms with Crippen molar-refractivity contribution in [2.75, 3.05) is 0 Å². The van der Waals surface area contributed by atoms with Crippen molar-refractivity contribution in [3.05, 3.63) is 27.2 Å². The molecule has 2 nitrogen and oxygen atoms in total. The summed E-state index contributed by atoms with van der Waals surface area (Å²) < 4.78 is 0. The van der Waals surface area contributed by atoms with Crippen LogP contribution in [-0.4, -0.2) is 0 Å². The van der Waals surface area contributed by atoms with Crippen molar-refractivity contribution in [3.63, 3.8) is 0 Å². The zero-order valence-corrected chi connectivity index (χ0v) is 9.34. The van der Waals surface area contributed by atoms with Gasteiger partial charge in [-0.2, -0.15) is 0 Å². The Morgan fingerprint density at radius 3 is 0.500 bits per heavy atom. The third-order valence-electron chi connectivity index (χ3n) is 0. The van der Waals surface area contributed by atoms with Crippen LogP contribution in [0.1, 0.15) is 0 Å². The van der Waals surface area contributed by atoms with E-state index in [0.717, 1.165) is 0 Å². The van der Waals surface area contributed by atoms with E-state index in [4.69, 9.17) is 0 Å². The molecule has 4 heteroatoms. The molecule has 0 aliphatic rings. The molecule has 0 amide bonds. The predicted octanol–water partition coefficient (Wildman–Crippen LogP) is 2.33. The molecule has 0 heterocycles. The zero-order chi connectivity index (χ0) is 0. The fourth-order valence-electron chi connectivity index (χ4n) is 0. The molecular formula is C2H10N2Re2-4. The SMILES string of the molecule is [CH3-].[CH3-].[NH2-].[NH2-].[Re].[Re]. The van der Waals surface area contributed by atoms with Gasteiger partial charge in [0.05, 0.1) is 0 Å². The summed E-state index contributed by atoms with van der Waals surface area (Å²) in [6.45, 7) is 0. The quantitative estimate of drug-likeness (QED) is 0.526. The van der Waals surface area contributed by atoms with Crippen LogP contribution >= 0.6 is 0 Å². The topological polar surface area (TPSA) is 67.0 Å². The van der Waals surface area contributed by atoms with Gasteiger partial charge in [-0.3, -0.25) is 0 Å². The van der Waals surface area contributed by atoms with Crippen molar-refractivity contribution in [2.45, 2.75) is 0 Å². The second-order valence-corrected chi connectivity index (χ2v) is 0. The Morgan fingerprint density at radius 1 is 0.500 bits per heavy atom. The van der Waals surface area contributed by atoms with E-state index >= 15 is 0 Å². The minimum absolute atomic E-state index is 0. The van der Waals surface area contributed by atoms with E-state index in [1.54, 1.807) is 0 Å². The molecule has 46 valence electrons. The van der Waals surface area contributed by atoms with Gasteiger partial charge in [-0.25, -0.2) is 0 Å². The summed E-state index contributed by atoms with van der Waals surface area (Å²) in [5.74, 6) is 0. The summed E-state index contributed by atoms with van der Waals surface area (Å²) >= 11 is 0. The van der Waals surface area contributed by atoms with E-state index in [0.29, 0.717) is 0 Å². The second kappa shape index (κ2) is 111. The monoisotopic (exact) mass is 436 g/mol. The van der Waals surface area contributed by atoms with E-state index < -0.39 is 0 Å². The van der Waals surface area contributed by atoms with E-state index in [2.05, 4.69) is 0 Å². The van der Waals surface area contributed by atoms with Crippen LogP contribution < -0.4 is 0 Å². The van der Waals surface area contributed by atoms with E-state index in [1.165, 1.54) is 0 Å². The summed E-state index contributed by atoms with van der Waals surface area (Å²) in [5.41, 5.74) is 0. The third-order valence-corrected chi connectivity index (χ3v) is 0. The van der Waals surface area contributed by atoms with Crippen molar-refractivity contribution in [2.24, 2.45) is 0 Å². The predicted molar refractivity (Wildman–Crippen MR) is 23.4 cm³/mol. The third kappa shape index (κ3) is 61.0. The van der Waals surface area contributed by atoms with E-state index in [1.807, 2.05) is 0 Å². The van der Waals surface area contributed by atoms with Crippen molar-refractivity contribution < 1.29 is 40.8 Å². The van der Waals surface area contributed by atoms with Gasteiger partial charge < -0.3 is 27.2 Å². The van der Waals surface area contributed by atoms with Gasteiger partial charge in [0, 0.05) is 40.8 Å². The fraction of sp³-hybridized carbons (Fsp3) is 0. The first-order valence-corrected chi connectivity index (χ1v) is 0. The van der Waals surface area contributed by atoms with Crippen LogP contribution in [0.15, 0.2) is 0 Å². The number of nitrogens with two attached hydrogens (primary N) is 2. The Balaban J connectivity index is 0. The van der Waals surface area contributed by atoms with E-state index in [-0.39, 0.29) is 68.0 Å². The van der Waals surface area contributed by atoms with Crippen LogP contribution in [0.25, 0.3) is 12.3 Å². The Hall–Kier alpha value is 1.24. The Bertz CT molecular complexity index is 9.51. The van der Waals surface area contributed by atoms with Crippen molar-refractivity contribution >= 4 is 0 Å². The molecule has 6 heavy (non-hydrogen) atoms. The van der Waals surface area contributed by atoms with Crippen LogP contribution in [-0.2, 0) is 40.8 Å². The van der Waals surface area contributed by atoms with Crippen LogP contribution in [0.4, 0.5) is 0 Å².